The summed E-state index contributed by atoms with van der Waals surface area (Å²) in [4.78, 5) is 40.6. The van der Waals surface area contributed by atoms with Crippen molar-refractivity contribution < 1.29 is 29.0 Å². The summed E-state index contributed by atoms with van der Waals surface area (Å²) in [5, 5.41) is 11.5. The number of hydrogen-bond acceptors (Lipinski definition) is 6. The first kappa shape index (κ1) is 28.6. The van der Waals surface area contributed by atoms with Gasteiger partial charge in [-0.25, -0.2) is 4.79 Å². The molecule has 7 heteroatoms. The number of Topliss-reactive ketones (excluding diaryl/α,β-unsaturated/α-hetero) is 1. The Bertz CT molecular complexity index is 1470. The molecule has 1 heterocycles. The second kappa shape index (κ2) is 11.8. The van der Waals surface area contributed by atoms with Gasteiger partial charge in [0.25, 0.3) is 11.7 Å². The second-order valence-electron chi connectivity index (χ2n) is 10.6. The second-order valence-corrected chi connectivity index (χ2v) is 10.6. The number of aryl methyl sites for hydroxylation is 1. The van der Waals surface area contributed by atoms with E-state index >= 15 is 0 Å². The van der Waals surface area contributed by atoms with E-state index in [9.17, 15) is 19.5 Å². The largest absolute Gasteiger partial charge is 0.507 e. The minimum Gasteiger partial charge on any atom is -0.507 e. The van der Waals surface area contributed by atoms with Crippen LogP contribution >= 0.6 is 0 Å². The topological polar surface area (TPSA) is 93.1 Å². The summed E-state index contributed by atoms with van der Waals surface area (Å²) in [5.41, 5.74) is 4.16. The molecule has 0 aromatic heterocycles. The molecule has 0 spiro atoms. The fourth-order valence-electron chi connectivity index (χ4n) is 4.94. The number of carbonyl (C=O) groups is 3. The maximum Gasteiger partial charge on any atom is 0.338 e. The Morgan fingerprint density at radius 3 is 2.23 bits per heavy atom. The fraction of sp³-hybridized carbons (Fsp3) is 0.303. The minimum absolute atomic E-state index is 0.0348. The normalized spacial score (nSPS) is 16.6. The molecular weight excluding hydrogens is 506 g/mol. The molecule has 0 saturated carbocycles. The zero-order valence-electron chi connectivity index (χ0n) is 23.7. The van der Waals surface area contributed by atoms with Gasteiger partial charge in [0, 0.05) is 12.1 Å². The molecule has 0 aliphatic carbocycles. The number of amides is 1. The van der Waals surface area contributed by atoms with Gasteiger partial charge >= 0.3 is 5.97 Å². The van der Waals surface area contributed by atoms with Crippen LogP contribution < -0.4 is 4.74 Å². The predicted octanol–water partition coefficient (Wildman–Crippen LogP) is 6.31. The standard InChI is InChI=1S/C33H35NO6/c1-19(2)26-17-25(14-15-27(26)39-6)30(35)28-29(24-9-7-8-21(5)16-24)34(32(37)31(28)36)18-22-10-12-23(13-11-22)33(38)40-20(3)4/h7-17,19-20,29,35H,18H2,1-6H3/b30-28-. The lowest BCUT2D eigenvalue weighted by Crippen LogP contribution is -2.29. The van der Waals surface area contributed by atoms with Crippen molar-refractivity contribution in [3.8, 4) is 5.75 Å². The summed E-state index contributed by atoms with van der Waals surface area (Å²) in [5.74, 6) is -1.32. The first-order valence-corrected chi connectivity index (χ1v) is 13.3. The van der Waals surface area contributed by atoms with Gasteiger partial charge in [0.1, 0.15) is 11.5 Å². The summed E-state index contributed by atoms with van der Waals surface area (Å²) in [6, 6.07) is 18.8. The lowest BCUT2D eigenvalue weighted by Gasteiger charge is -2.26. The number of likely N-dealkylation sites (tertiary alicyclic amines) is 1. The molecule has 1 fully saturated rings. The van der Waals surface area contributed by atoms with E-state index in [0.717, 1.165) is 22.3 Å². The minimum atomic E-state index is -0.796. The van der Waals surface area contributed by atoms with E-state index < -0.39 is 23.7 Å². The number of nitrogens with zero attached hydrogens (tertiary/aromatic N) is 1. The highest BCUT2D eigenvalue weighted by atomic mass is 16.5. The first-order valence-electron chi connectivity index (χ1n) is 13.3. The van der Waals surface area contributed by atoms with Crippen LogP contribution in [-0.2, 0) is 20.9 Å². The Balaban J connectivity index is 1.78. The molecule has 3 aromatic carbocycles. The molecule has 0 radical (unpaired) electrons. The zero-order chi connectivity index (χ0) is 29.1. The highest BCUT2D eigenvalue weighted by Crippen LogP contribution is 2.41. The quantitative estimate of drug-likeness (QED) is 0.155. The van der Waals surface area contributed by atoms with E-state index in [1.54, 1.807) is 63.4 Å². The van der Waals surface area contributed by atoms with Gasteiger partial charge in [-0.2, -0.15) is 0 Å². The molecule has 40 heavy (non-hydrogen) atoms. The van der Waals surface area contributed by atoms with Crippen molar-refractivity contribution in [3.05, 3.63) is 106 Å². The van der Waals surface area contributed by atoms with Gasteiger partial charge in [-0.05, 0) is 73.7 Å². The van der Waals surface area contributed by atoms with E-state index in [4.69, 9.17) is 9.47 Å². The van der Waals surface area contributed by atoms with E-state index in [-0.39, 0.29) is 29.9 Å². The molecule has 7 nitrogen and oxygen atoms in total. The summed E-state index contributed by atoms with van der Waals surface area (Å²) >= 11 is 0. The molecule has 1 N–H and O–H groups in total. The Kier molecular flexibility index (Phi) is 8.43. The number of carbonyl (C=O) groups excluding carboxylic acids is 3. The molecule has 1 amide bonds. The Hall–Kier alpha value is -4.39. The van der Waals surface area contributed by atoms with E-state index in [1.807, 2.05) is 45.0 Å². The van der Waals surface area contributed by atoms with Crippen molar-refractivity contribution in [2.45, 2.75) is 59.2 Å². The smallest absolute Gasteiger partial charge is 0.338 e. The summed E-state index contributed by atoms with van der Waals surface area (Å²) < 4.78 is 10.7. The van der Waals surface area contributed by atoms with Crippen molar-refractivity contribution in [2.75, 3.05) is 7.11 Å². The summed E-state index contributed by atoms with van der Waals surface area (Å²) in [6.45, 7) is 9.64. The van der Waals surface area contributed by atoms with E-state index in [2.05, 4.69) is 0 Å². The maximum atomic E-state index is 13.5. The molecule has 3 aromatic rings. The highest BCUT2D eigenvalue weighted by Gasteiger charge is 2.46. The number of aliphatic hydroxyl groups excluding tert-OH is 1. The highest BCUT2D eigenvalue weighted by molar-refractivity contribution is 6.46. The number of ketones is 1. The van der Waals surface area contributed by atoms with Crippen LogP contribution in [0.5, 0.6) is 5.75 Å². The van der Waals surface area contributed by atoms with E-state index in [0.29, 0.717) is 16.9 Å². The molecular formula is C33H35NO6. The van der Waals surface area contributed by atoms with Crippen LogP contribution in [0, 0.1) is 6.92 Å². The predicted molar refractivity (Wildman–Crippen MR) is 153 cm³/mol. The van der Waals surface area contributed by atoms with E-state index in [1.165, 1.54) is 4.90 Å². The number of aliphatic hydroxyl groups is 1. The average molecular weight is 542 g/mol. The van der Waals surface area contributed by atoms with Gasteiger partial charge in [0.05, 0.1) is 30.4 Å². The molecule has 4 rings (SSSR count). The number of esters is 1. The van der Waals surface area contributed by atoms with Crippen LogP contribution in [0.3, 0.4) is 0 Å². The van der Waals surface area contributed by atoms with Crippen LogP contribution in [0.4, 0.5) is 0 Å². The number of hydrogen-bond donors (Lipinski definition) is 1. The Morgan fingerprint density at radius 2 is 1.62 bits per heavy atom. The Labute approximate surface area is 235 Å². The van der Waals surface area contributed by atoms with Gasteiger partial charge in [-0.15, -0.1) is 0 Å². The van der Waals surface area contributed by atoms with Crippen LogP contribution in [0.1, 0.15) is 77.8 Å². The third-order valence-corrected chi connectivity index (χ3v) is 6.91. The molecule has 1 aliphatic rings. The number of methoxy groups -OCH3 is 1. The molecule has 1 saturated heterocycles. The van der Waals surface area contributed by atoms with Crippen LogP contribution in [-0.4, -0.2) is 40.9 Å². The first-order chi connectivity index (χ1) is 19.0. The van der Waals surface area contributed by atoms with Crippen molar-refractivity contribution in [1.82, 2.24) is 4.90 Å². The number of benzene rings is 3. The van der Waals surface area contributed by atoms with Gasteiger partial charge in [-0.1, -0.05) is 55.8 Å². The summed E-state index contributed by atoms with van der Waals surface area (Å²) in [7, 11) is 1.59. The van der Waals surface area contributed by atoms with Crippen molar-refractivity contribution >= 4 is 23.4 Å². The average Bonchev–Trinajstić information content (AvgIpc) is 3.17. The number of ether oxygens (including phenoxy) is 2. The molecule has 1 atom stereocenters. The van der Waals surface area contributed by atoms with Gasteiger partial charge in [-0.3, -0.25) is 9.59 Å². The molecule has 208 valence electrons. The monoisotopic (exact) mass is 541 g/mol. The lowest BCUT2D eigenvalue weighted by atomic mass is 9.92. The third-order valence-electron chi connectivity index (χ3n) is 6.91. The zero-order valence-corrected chi connectivity index (χ0v) is 23.7. The number of rotatable bonds is 8. The van der Waals surface area contributed by atoms with Gasteiger partial charge in [0.2, 0.25) is 0 Å². The molecule has 0 bridgehead atoms. The SMILES string of the molecule is COc1ccc(/C(O)=C2/C(=O)C(=O)N(Cc3ccc(C(=O)OC(C)C)cc3)C2c2cccc(C)c2)cc1C(C)C. The van der Waals surface area contributed by atoms with Crippen molar-refractivity contribution in [3.63, 3.8) is 0 Å². The van der Waals surface area contributed by atoms with Crippen molar-refractivity contribution in [2.24, 2.45) is 0 Å². The third kappa shape index (κ3) is 5.78. The van der Waals surface area contributed by atoms with Gasteiger partial charge < -0.3 is 19.5 Å². The van der Waals surface area contributed by atoms with Gasteiger partial charge in [0.15, 0.2) is 0 Å². The van der Waals surface area contributed by atoms with Crippen LogP contribution in [0.2, 0.25) is 0 Å². The fourth-order valence-corrected chi connectivity index (χ4v) is 4.94. The molecule has 1 aliphatic heterocycles. The van der Waals surface area contributed by atoms with Crippen molar-refractivity contribution in [1.29, 1.82) is 0 Å². The Morgan fingerprint density at radius 1 is 0.950 bits per heavy atom. The van der Waals surface area contributed by atoms with Crippen LogP contribution in [0.25, 0.3) is 5.76 Å². The summed E-state index contributed by atoms with van der Waals surface area (Å²) in [6.07, 6.45) is -0.240. The molecule has 1 unspecified atom stereocenters. The lowest BCUT2D eigenvalue weighted by molar-refractivity contribution is -0.140. The van der Waals surface area contributed by atoms with Crippen LogP contribution in [0.15, 0.2) is 72.3 Å². The maximum absolute atomic E-state index is 13.5.